The van der Waals surface area contributed by atoms with Crippen LogP contribution in [-0.2, 0) is 34.4 Å². The van der Waals surface area contributed by atoms with Gasteiger partial charge in [-0.05, 0) is 74.2 Å². The second-order valence-corrected chi connectivity index (χ2v) is 12.1. The Bertz CT molecular complexity index is 1350. The van der Waals surface area contributed by atoms with Crippen LogP contribution in [0.25, 0.3) is 0 Å². The minimum absolute atomic E-state index is 0.224. The molecular weight excluding hydrogens is 568 g/mol. The lowest BCUT2D eigenvalue weighted by molar-refractivity contribution is -0.432. The minimum atomic E-state index is -4.11. The molecule has 1 aliphatic rings. The molecule has 0 aromatic heterocycles. The Labute approximate surface area is 245 Å². The highest BCUT2D eigenvalue weighted by Gasteiger charge is 2.43. The molecule has 1 unspecified atom stereocenters. The summed E-state index contributed by atoms with van der Waals surface area (Å²) in [5, 5.41) is 12.4. The number of aliphatic imine (C=N–C) groups is 1. The monoisotopic (exact) mass is 604 g/mol. The number of carbonyl (C=O) groups is 1. The SMILES string of the molecule is COC(=O)CCCCCC1(C)/C(=C/C=C/C=Nc2ccccc2)N(CCCS(=O)(=O)O)c2ccc(SOOO)cc21. The summed E-state index contributed by atoms with van der Waals surface area (Å²) in [5.41, 5.74) is 3.23. The molecule has 222 valence electrons. The van der Waals surface area contributed by atoms with Gasteiger partial charge in [-0.2, -0.15) is 8.42 Å². The molecule has 41 heavy (non-hydrogen) atoms. The van der Waals surface area contributed by atoms with Gasteiger partial charge >= 0.3 is 5.97 Å². The van der Waals surface area contributed by atoms with Crippen molar-refractivity contribution in [3.05, 3.63) is 78.0 Å². The number of rotatable bonds is 16. The van der Waals surface area contributed by atoms with Crippen molar-refractivity contribution in [2.75, 3.05) is 24.3 Å². The molecule has 0 fully saturated rings. The van der Waals surface area contributed by atoms with Crippen molar-refractivity contribution in [1.29, 1.82) is 0 Å². The van der Waals surface area contributed by atoms with E-state index in [2.05, 4.69) is 26.2 Å². The summed E-state index contributed by atoms with van der Waals surface area (Å²) in [4.78, 5) is 18.8. The zero-order valence-electron chi connectivity index (χ0n) is 23.1. The van der Waals surface area contributed by atoms with Gasteiger partial charge in [0.1, 0.15) is 0 Å². The van der Waals surface area contributed by atoms with Crippen molar-refractivity contribution in [3.63, 3.8) is 0 Å². The summed E-state index contributed by atoms with van der Waals surface area (Å²) in [6.07, 6.45) is 11.1. The molecule has 1 aliphatic heterocycles. The molecule has 1 heterocycles. The quantitative estimate of drug-likeness (QED) is 0.0419. The lowest BCUT2D eigenvalue weighted by atomic mass is 9.77. The Hall–Kier alpha value is -3.00. The zero-order chi connectivity index (χ0) is 29.7. The van der Waals surface area contributed by atoms with Gasteiger partial charge < -0.3 is 9.64 Å². The number of carbonyl (C=O) groups excluding carboxylic acids is 1. The fraction of sp³-hybridized carbons (Fsp3) is 0.379. The number of fused-ring (bicyclic) bond motifs is 1. The second-order valence-electron chi connectivity index (χ2n) is 9.72. The molecule has 0 amide bonds. The van der Waals surface area contributed by atoms with Crippen molar-refractivity contribution in [1.82, 2.24) is 0 Å². The van der Waals surface area contributed by atoms with Crippen LogP contribution >= 0.6 is 12.0 Å². The van der Waals surface area contributed by atoms with Crippen LogP contribution in [0.5, 0.6) is 0 Å². The number of methoxy groups -OCH3 is 1. The van der Waals surface area contributed by atoms with Crippen molar-refractivity contribution in [2.24, 2.45) is 4.99 Å². The van der Waals surface area contributed by atoms with E-state index in [0.29, 0.717) is 24.3 Å². The predicted molar refractivity (Wildman–Crippen MR) is 160 cm³/mol. The average molecular weight is 605 g/mol. The molecule has 2 N–H and O–H groups in total. The molecular formula is C29H36N2O8S2. The van der Waals surface area contributed by atoms with E-state index in [1.54, 1.807) is 6.21 Å². The summed E-state index contributed by atoms with van der Waals surface area (Å²) in [6.45, 7) is 2.50. The first-order valence-corrected chi connectivity index (χ1v) is 15.6. The number of hydrogen-bond donors (Lipinski definition) is 2. The Morgan fingerprint density at radius 1 is 1.10 bits per heavy atom. The summed E-state index contributed by atoms with van der Waals surface area (Å²) in [6, 6.07) is 15.3. The highest BCUT2D eigenvalue weighted by molar-refractivity contribution is 7.94. The molecule has 12 heteroatoms. The van der Waals surface area contributed by atoms with E-state index < -0.39 is 15.5 Å². The van der Waals surface area contributed by atoms with Crippen molar-refractivity contribution >= 4 is 45.7 Å². The van der Waals surface area contributed by atoms with Gasteiger partial charge in [-0.15, -0.1) is 4.33 Å². The maximum absolute atomic E-state index is 11.6. The van der Waals surface area contributed by atoms with Crippen LogP contribution in [0.1, 0.15) is 51.0 Å². The van der Waals surface area contributed by atoms with Gasteiger partial charge in [0.05, 0.1) is 30.6 Å². The summed E-state index contributed by atoms with van der Waals surface area (Å²) in [5.74, 6) is -0.589. The summed E-state index contributed by atoms with van der Waals surface area (Å²) >= 11 is 0.866. The van der Waals surface area contributed by atoms with Gasteiger partial charge in [0.15, 0.2) is 0 Å². The molecule has 10 nitrogen and oxygen atoms in total. The number of unbranched alkanes of at least 4 members (excludes halogenated alkanes) is 2. The Morgan fingerprint density at radius 3 is 2.59 bits per heavy atom. The molecule has 0 bridgehead atoms. The van der Waals surface area contributed by atoms with Crippen LogP contribution in [0, 0.1) is 0 Å². The lowest BCUT2D eigenvalue weighted by Crippen LogP contribution is -2.30. The Morgan fingerprint density at radius 2 is 1.88 bits per heavy atom. The normalized spacial score (nSPS) is 18.0. The van der Waals surface area contributed by atoms with Crippen molar-refractivity contribution in [2.45, 2.75) is 55.8 Å². The largest absolute Gasteiger partial charge is 0.469 e. The van der Waals surface area contributed by atoms with Gasteiger partial charge in [0.25, 0.3) is 10.1 Å². The molecule has 0 saturated heterocycles. The van der Waals surface area contributed by atoms with Gasteiger partial charge in [0, 0.05) is 40.9 Å². The number of allylic oxidation sites excluding steroid dienone is 4. The third kappa shape index (κ3) is 9.80. The minimum Gasteiger partial charge on any atom is -0.469 e. The number of ether oxygens (including phenoxy) is 1. The van der Waals surface area contributed by atoms with Crippen LogP contribution in [0.3, 0.4) is 0 Å². The van der Waals surface area contributed by atoms with Gasteiger partial charge in [0.2, 0.25) is 0 Å². The van der Waals surface area contributed by atoms with E-state index in [9.17, 15) is 17.8 Å². The Kier molecular flexibility index (Phi) is 12.6. The molecule has 2 aromatic carbocycles. The molecule has 2 aromatic rings. The zero-order valence-corrected chi connectivity index (χ0v) is 24.8. The number of hydrogen-bond acceptors (Lipinski definition) is 10. The maximum Gasteiger partial charge on any atom is 0.305 e. The summed E-state index contributed by atoms with van der Waals surface area (Å²) < 4.78 is 41.6. The van der Waals surface area contributed by atoms with Gasteiger partial charge in [-0.1, -0.05) is 42.2 Å². The molecule has 1 atom stereocenters. The van der Waals surface area contributed by atoms with Crippen molar-refractivity contribution in [3.8, 4) is 0 Å². The van der Waals surface area contributed by atoms with Gasteiger partial charge in [-0.25, -0.2) is 5.26 Å². The van der Waals surface area contributed by atoms with Crippen molar-refractivity contribution < 1.29 is 37.1 Å². The van der Waals surface area contributed by atoms with Crippen LogP contribution in [-0.4, -0.2) is 49.8 Å². The first-order valence-electron chi connectivity index (χ1n) is 13.2. The number of esters is 1. The van der Waals surface area contributed by atoms with E-state index >= 15 is 0 Å². The highest BCUT2D eigenvalue weighted by Crippen LogP contribution is 2.51. The number of para-hydroxylation sites is 1. The molecule has 0 radical (unpaired) electrons. The highest BCUT2D eigenvalue weighted by atomic mass is 32.2. The van der Waals surface area contributed by atoms with E-state index in [1.807, 2.05) is 66.8 Å². The van der Waals surface area contributed by atoms with E-state index in [1.165, 1.54) is 7.11 Å². The molecule has 3 rings (SSSR count). The average Bonchev–Trinajstić information content (AvgIpc) is 3.18. The number of nitrogens with zero attached hydrogens (tertiary/aromatic N) is 2. The Balaban J connectivity index is 1.94. The van der Waals surface area contributed by atoms with Gasteiger partial charge in [-0.3, -0.25) is 14.3 Å². The fourth-order valence-corrected chi connectivity index (χ4v) is 5.81. The van der Waals surface area contributed by atoms with Crippen LogP contribution in [0.4, 0.5) is 11.4 Å². The summed E-state index contributed by atoms with van der Waals surface area (Å²) in [7, 11) is -2.73. The molecule has 0 saturated carbocycles. The fourth-order valence-electron chi connectivity index (χ4n) is 4.91. The lowest BCUT2D eigenvalue weighted by Gasteiger charge is -2.30. The third-order valence-electron chi connectivity index (χ3n) is 6.87. The third-order valence-corrected chi connectivity index (χ3v) is 8.25. The van der Waals surface area contributed by atoms with E-state index in [0.717, 1.165) is 53.9 Å². The smallest absolute Gasteiger partial charge is 0.305 e. The van der Waals surface area contributed by atoms with Crippen LogP contribution in [0.2, 0.25) is 0 Å². The predicted octanol–water partition coefficient (Wildman–Crippen LogP) is 6.44. The first-order chi connectivity index (χ1) is 19.7. The van der Waals surface area contributed by atoms with Crippen LogP contribution in [0.15, 0.2) is 82.3 Å². The van der Waals surface area contributed by atoms with E-state index in [-0.39, 0.29) is 18.1 Å². The maximum atomic E-state index is 11.6. The molecule has 0 aliphatic carbocycles. The van der Waals surface area contributed by atoms with E-state index in [4.69, 9.17) is 9.99 Å². The topological polar surface area (TPSA) is 135 Å². The van der Waals surface area contributed by atoms with Crippen LogP contribution < -0.4 is 4.90 Å². The number of benzene rings is 2. The molecule has 0 spiro atoms. The first kappa shape index (κ1) is 32.5. The standard InChI is InChI=1S/C29H36N2O8S2/c1-29(18-9-4-7-15-28(32)37-2)25-22-24(40-39-38-33)16-17-26(25)31(20-11-21-41(34,35)36)27(29)14-8-10-19-30-23-12-5-3-6-13-23/h3,5-6,8,10,12-14,16-17,19,22,33H,4,7,9,11,15,18,20-21H2,1-2H3,(H,34,35,36)/b10-8+,27-14-,30-19?. The second kappa shape index (κ2) is 15.9. The number of anilines is 1.